The van der Waals surface area contributed by atoms with Gasteiger partial charge in [-0.1, -0.05) is 18.2 Å². The number of esters is 1. The van der Waals surface area contributed by atoms with Gasteiger partial charge in [0.1, 0.15) is 11.8 Å². The number of ether oxygens (including phenoxy) is 3. The van der Waals surface area contributed by atoms with Crippen LogP contribution in [-0.4, -0.2) is 32.8 Å². The van der Waals surface area contributed by atoms with Gasteiger partial charge in [-0.05, 0) is 19.9 Å². The molecule has 1 N–H and O–H groups in total. The molecule has 6 nitrogen and oxygen atoms in total. The zero-order valence-corrected chi connectivity index (χ0v) is 13.2. The highest BCUT2D eigenvalue weighted by Gasteiger charge is 2.32. The molecule has 1 aromatic rings. The molecule has 0 saturated carbocycles. The van der Waals surface area contributed by atoms with Crippen molar-refractivity contribution in [3.63, 3.8) is 0 Å². The van der Waals surface area contributed by atoms with E-state index in [4.69, 9.17) is 14.2 Å². The molecule has 0 radical (unpaired) electrons. The fourth-order valence-corrected chi connectivity index (χ4v) is 2.34. The van der Waals surface area contributed by atoms with Crippen LogP contribution < -0.4 is 10.1 Å². The van der Waals surface area contributed by atoms with Gasteiger partial charge in [-0.2, -0.15) is 0 Å². The monoisotopic (exact) mass is 304 g/mol. The summed E-state index contributed by atoms with van der Waals surface area (Å²) in [6.07, 6.45) is 0. The second-order valence-corrected chi connectivity index (χ2v) is 4.67. The lowest BCUT2D eigenvalue weighted by molar-refractivity contribution is -0.138. The van der Waals surface area contributed by atoms with Crippen molar-refractivity contribution in [1.29, 1.82) is 0 Å². The van der Waals surface area contributed by atoms with Gasteiger partial charge in [0.2, 0.25) is 0 Å². The van der Waals surface area contributed by atoms with Gasteiger partial charge in [-0.15, -0.1) is 0 Å². The van der Waals surface area contributed by atoms with Crippen molar-refractivity contribution in [2.45, 2.75) is 19.9 Å². The van der Waals surface area contributed by atoms with Gasteiger partial charge < -0.3 is 19.5 Å². The van der Waals surface area contributed by atoms with Gasteiger partial charge in [0.15, 0.2) is 0 Å². The van der Waals surface area contributed by atoms with E-state index in [1.54, 1.807) is 21.0 Å². The van der Waals surface area contributed by atoms with Crippen molar-refractivity contribution < 1.29 is 19.0 Å². The van der Waals surface area contributed by atoms with Gasteiger partial charge in [0, 0.05) is 11.3 Å². The van der Waals surface area contributed by atoms with Crippen molar-refractivity contribution in [2.24, 2.45) is 4.99 Å². The highest BCUT2D eigenvalue weighted by molar-refractivity contribution is 5.94. The Morgan fingerprint density at radius 2 is 2.00 bits per heavy atom. The summed E-state index contributed by atoms with van der Waals surface area (Å²) in [5, 5.41) is 2.96. The zero-order valence-electron chi connectivity index (χ0n) is 13.2. The summed E-state index contributed by atoms with van der Waals surface area (Å²) < 4.78 is 15.7. The molecule has 0 bridgehead atoms. The summed E-state index contributed by atoms with van der Waals surface area (Å²) >= 11 is 0. The predicted octanol–water partition coefficient (Wildman–Crippen LogP) is 2.18. The molecule has 1 heterocycles. The number of methoxy groups -OCH3 is 2. The summed E-state index contributed by atoms with van der Waals surface area (Å²) in [5.74, 6) is 0.255. The third-order valence-electron chi connectivity index (χ3n) is 3.34. The van der Waals surface area contributed by atoms with Gasteiger partial charge >= 0.3 is 5.97 Å². The van der Waals surface area contributed by atoms with Crippen LogP contribution >= 0.6 is 0 Å². The number of aliphatic imine (C=N–C) groups is 1. The SMILES string of the molecule is CCOC(=O)C1=C(C)NC(OC)=NC1c1ccccc1OC. The van der Waals surface area contributed by atoms with Crippen molar-refractivity contribution in [3.05, 3.63) is 41.1 Å². The Labute approximate surface area is 129 Å². The second kappa shape index (κ2) is 6.98. The van der Waals surface area contributed by atoms with E-state index in [9.17, 15) is 4.79 Å². The van der Waals surface area contributed by atoms with Crippen LogP contribution in [0.15, 0.2) is 40.5 Å². The van der Waals surface area contributed by atoms with Gasteiger partial charge in [-0.3, -0.25) is 0 Å². The Morgan fingerprint density at radius 1 is 1.27 bits per heavy atom. The van der Waals surface area contributed by atoms with Gasteiger partial charge in [0.25, 0.3) is 6.02 Å². The van der Waals surface area contributed by atoms with Crippen LogP contribution in [0, 0.1) is 0 Å². The van der Waals surface area contributed by atoms with E-state index < -0.39 is 12.0 Å². The molecule has 1 aromatic carbocycles. The number of allylic oxidation sites excluding steroid dienone is 1. The number of para-hydroxylation sites is 1. The average Bonchev–Trinajstić information content (AvgIpc) is 2.54. The molecular formula is C16H20N2O4. The molecule has 22 heavy (non-hydrogen) atoms. The Kier molecular flexibility index (Phi) is 5.04. The first-order valence-electron chi connectivity index (χ1n) is 7.02. The standard InChI is InChI=1S/C16H20N2O4/c1-5-22-15(19)13-10(2)17-16(21-4)18-14(13)11-8-6-7-9-12(11)20-3/h6-9,14H,5H2,1-4H3,(H,17,18). The largest absolute Gasteiger partial charge is 0.496 e. The minimum Gasteiger partial charge on any atom is -0.496 e. The minimum absolute atomic E-state index is 0.301. The molecule has 1 atom stereocenters. The van der Waals surface area contributed by atoms with E-state index in [0.29, 0.717) is 29.6 Å². The number of hydrogen-bond acceptors (Lipinski definition) is 6. The molecular weight excluding hydrogens is 284 g/mol. The molecule has 0 saturated heterocycles. The van der Waals surface area contributed by atoms with E-state index in [0.717, 1.165) is 5.56 Å². The summed E-state index contributed by atoms with van der Waals surface area (Å²) in [4.78, 5) is 16.8. The van der Waals surface area contributed by atoms with E-state index >= 15 is 0 Å². The second-order valence-electron chi connectivity index (χ2n) is 4.67. The molecule has 0 amide bonds. The molecule has 1 aliphatic heterocycles. The number of amidine groups is 1. The van der Waals surface area contributed by atoms with Crippen LogP contribution in [0.5, 0.6) is 5.75 Å². The van der Waals surface area contributed by atoms with Gasteiger partial charge in [-0.25, -0.2) is 9.79 Å². The van der Waals surface area contributed by atoms with Crippen LogP contribution in [0.4, 0.5) is 0 Å². The first kappa shape index (κ1) is 15.9. The van der Waals surface area contributed by atoms with Crippen LogP contribution in [0.1, 0.15) is 25.5 Å². The topological polar surface area (TPSA) is 69.2 Å². The Morgan fingerprint density at radius 3 is 2.64 bits per heavy atom. The highest BCUT2D eigenvalue weighted by Crippen LogP contribution is 2.36. The average molecular weight is 304 g/mol. The molecule has 6 heteroatoms. The maximum absolute atomic E-state index is 12.3. The van der Waals surface area contributed by atoms with E-state index in [1.807, 2.05) is 24.3 Å². The molecule has 0 fully saturated rings. The third kappa shape index (κ3) is 3.05. The lowest BCUT2D eigenvalue weighted by atomic mass is 9.95. The Hall–Kier alpha value is -2.50. The van der Waals surface area contributed by atoms with Gasteiger partial charge in [0.05, 0.1) is 26.4 Å². The third-order valence-corrected chi connectivity index (χ3v) is 3.34. The van der Waals surface area contributed by atoms with Crippen LogP contribution in [-0.2, 0) is 14.3 Å². The van der Waals surface area contributed by atoms with E-state index in [1.165, 1.54) is 7.11 Å². The lowest BCUT2D eigenvalue weighted by Crippen LogP contribution is -2.33. The molecule has 0 aliphatic carbocycles. The maximum atomic E-state index is 12.3. The maximum Gasteiger partial charge on any atom is 0.338 e. The fourth-order valence-electron chi connectivity index (χ4n) is 2.34. The number of carbonyl (C=O) groups is 1. The number of carbonyl (C=O) groups excluding carboxylic acids is 1. The fraction of sp³-hybridized carbons (Fsp3) is 0.375. The van der Waals surface area contributed by atoms with Crippen molar-refractivity contribution in [2.75, 3.05) is 20.8 Å². The molecule has 1 unspecified atom stereocenters. The number of nitrogens with one attached hydrogen (secondary N) is 1. The molecule has 0 spiro atoms. The van der Waals surface area contributed by atoms with Crippen LogP contribution in [0.25, 0.3) is 0 Å². The number of nitrogens with zero attached hydrogens (tertiary/aromatic N) is 1. The first-order valence-corrected chi connectivity index (χ1v) is 7.02. The number of benzene rings is 1. The van der Waals surface area contributed by atoms with E-state index in [2.05, 4.69) is 10.3 Å². The smallest absolute Gasteiger partial charge is 0.338 e. The highest BCUT2D eigenvalue weighted by atomic mass is 16.5. The Balaban J connectivity index is 2.52. The van der Waals surface area contributed by atoms with Crippen molar-refractivity contribution in [3.8, 4) is 5.75 Å². The zero-order chi connectivity index (χ0) is 16.1. The van der Waals surface area contributed by atoms with Crippen molar-refractivity contribution in [1.82, 2.24) is 5.32 Å². The Bertz CT molecular complexity index is 622. The summed E-state index contributed by atoms with van der Waals surface area (Å²) in [7, 11) is 3.11. The van der Waals surface area contributed by atoms with E-state index in [-0.39, 0.29) is 0 Å². The first-order chi connectivity index (χ1) is 10.6. The van der Waals surface area contributed by atoms with Crippen LogP contribution in [0.2, 0.25) is 0 Å². The molecule has 118 valence electrons. The number of rotatable bonds is 4. The minimum atomic E-state index is -0.536. The summed E-state index contributed by atoms with van der Waals surface area (Å²) in [6, 6.07) is 7.26. The normalized spacial score (nSPS) is 17.5. The molecule has 0 aromatic heterocycles. The van der Waals surface area contributed by atoms with Crippen LogP contribution in [0.3, 0.4) is 0 Å². The molecule has 2 rings (SSSR count). The lowest BCUT2D eigenvalue weighted by Gasteiger charge is -2.25. The predicted molar refractivity (Wildman–Crippen MR) is 82.6 cm³/mol. The number of hydrogen-bond donors (Lipinski definition) is 1. The summed E-state index contributed by atoms with van der Waals surface area (Å²) in [6.45, 7) is 3.86. The quantitative estimate of drug-likeness (QED) is 0.863. The summed E-state index contributed by atoms with van der Waals surface area (Å²) in [5.41, 5.74) is 1.89. The molecule has 1 aliphatic rings. The van der Waals surface area contributed by atoms with Crippen molar-refractivity contribution >= 4 is 12.0 Å².